The smallest absolute Gasteiger partial charge is 0.292 e. The second-order valence-corrected chi connectivity index (χ2v) is 5.35. The van der Waals surface area contributed by atoms with Gasteiger partial charge in [0, 0.05) is 12.1 Å². The predicted molar refractivity (Wildman–Crippen MR) is 91.1 cm³/mol. The Hall–Kier alpha value is -4.16. The molecule has 0 bridgehead atoms. The molecular formula is C14H13N9O4. The molecule has 3 aromatic rings. The van der Waals surface area contributed by atoms with Crippen molar-refractivity contribution in [3.63, 3.8) is 0 Å². The minimum absolute atomic E-state index is 0.0248. The van der Waals surface area contributed by atoms with Crippen LogP contribution in [0.3, 0.4) is 0 Å². The Morgan fingerprint density at radius 1 is 1.33 bits per heavy atom. The zero-order valence-electron chi connectivity index (χ0n) is 14.2. The number of nitrogen functional groups attached to an aromatic ring is 1. The number of nitrogens with one attached hydrogen (secondary N) is 1. The highest BCUT2D eigenvalue weighted by atomic mass is 16.6. The van der Waals surface area contributed by atoms with Crippen LogP contribution in [0.5, 0.6) is 0 Å². The Bertz CT molecular complexity index is 1040. The molecule has 1 amide bonds. The molecule has 0 fully saturated rings. The van der Waals surface area contributed by atoms with Gasteiger partial charge in [-0.25, -0.2) is 10.1 Å². The van der Waals surface area contributed by atoms with Gasteiger partial charge in [-0.05, 0) is 41.9 Å². The van der Waals surface area contributed by atoms with E-state index in [9.17, 15) is 14.9 Å². The quantitative estimate of drug-likeness (QED) is 0.369. The second-order valence-electron chi connectivity index (χ2n) is 5.35. The number of carbonyl (C=O) groups is 1. The molecule has 13 heteroatoms. The molecule has 2 aromatic heterocycles. The number of non-ortho nitro benzene ring substituents is 1. The molecule has 3 N–H and O–H groups in total. The number of amides is 1. The van der Waals surface area contributed by atoms with Crippen LogP contribution in [-0.4, -0.2) is 41.8 Å². The number of anilines is 1. The molecule has 0 saturated heterocycles. The van der Waals surface area contributed by atoms with E-state index in [1.54, 1.807) is 13.8 Å². The number of benzene rings is 1. The third-order valence-corrected chi connectivity index (χ3v) is 3.57. The molecule has 27 heavy (non-hydrogen) atoms. The summed E-state index contributed by atoms with van der Waals surface area (Å²) in [5.74, 6) is -0.641. The van der Waals surface area contributed by atoms with E-state index in [4.69, 9.17) is 5.73 Å². The summed E-state index contributed by atoms with van der Waals surface area (Å²) in [5.41, 5.74) is 9.37. The number of nitro groups is 1. The van der Waals surface area contributed by atoms with Gasteiger partial charge in [0.15, 0.2) is 5.69 Å². The molecular weight excluding hydrogens is 358 g/mol. The van der Waals surface area contributed by atoms with Crippen molar-refractivity contribution in [3.05, 3.63) is 51.3 Å². The van der Waals surface area contributed by atoms with E-state index >= 15 is 0 Å². The molecule has 1 aromatic carbocycles. The largest absolute Gasteiger partial charge is 0.378 e. The van der Waals surface area contributed by atoms with E-state index < -0.39 is 10.8 Å². The monoisotopic (exact) mass is 371 g/mol. The van der Waals surface area contributed by atoms with Crippen LogP contribution in [0.2, 0.25) is 0 Å². The zero-order chi connectivity index (χ0) is 19.6. The second kappa shape index (κ2) is 6.99. The Morgan fingerprint density at radius 3 is 2.63 bits per heavy atom. The number of hydrogen-bond acceptors (Lipinski definition) is 10. The lowest BCUT2D eigenvalue weighted by molar-refractivity contribution is -0.384. The number of nitro benzene ring substituents is 1. The minimum Gasteiger partial charge on any atom is -0.378 e. The number of nitrogens with two attached hydrogens (primary N) is 1. The minimum atomic E-state index is -0.610. The lowest BCUT2D eigenvalue weighted by atomic mass is 10.1. The first-order chi connectivity index (χ1) is 12.9. The SMILES string of the molecule is CC(=NNC(=O)c1c(C)nnn1-c1nonc1N)c1ccc([N+](=O)[O-])cc1. The van der Waals surface area contributed by atoms with Crippen molar-refractivity contribution < 1.29 is 14.3 Å². The van der Waals surface area contributed by atoms with Crippen LogP contribution in [0.1, 0.15) is 28.7 Å². The number of aryl methyl sites for hydroxylation is 1. The molecule has 0 unspecified atom stereocenters. The maximum Gasteiger partial charge on any atom is 0.292 e. The molecule has 0 saturated carbocycles. The summed E-state index contributed by atoms with van der Waals surface area (Å²) < 4.78 is 5.60. The molecule has 0 spiro atoms. The third kappa shape index (κ3) is 3.46. The van der Waals surface area contributed by atoms with Gasteiger partial charge in [0.1, 0.15) is 0 Å². The number of rotatable bonds is 5. The Labute approximate surface area is 151 Å². The number of hydrazone groups is 1. The standard InChI is InChI=1S/C14H13N9O4/c1-7(9-3-5-10(6-4-9)23(25)26)16-18-14(24)11-8(2)17-21-22(11)13-12(15)19-27-20-13/h3-6H,1-2H3,(H2,15,19)(H,18,24). The fourth-order valence-electron chi connectivity index (χ4n) is 2.18. The van der Waals surface area contributed by atoms with Gasteiger partial charge in [0.25, 0.3) is 11.6 Å². The summed E-state index contributed by atoms with van der Waals surface area (Å²) in [6.45, 7) is 3.22. The summed E-state index contributed by atoms with van der Waals surface area (Å²) in [5, 5.41) is 29.3. The summed E-state index contributed by atoms with van der Waals surface area (Å²) >= 11 is 0. The molecule has 13 nitrogen and oxygen atoms in total. The Morgan fingerprint density at radius 2 is 2.04 bits per heavy atom. The highest BCUT2D eigenvalue weighted by Gasteiger charge is 2.22. The van der Waals surface area contributed by atoms with Crippen LogP contribution in [0.4, 0.5) is 11.5 Å². The highest BCUT2D eigenvalue weighted by Crippen LogP contribution is 2.15. The van der Waals surface area contributed by atoms with Crippen molar-refractivity contribution in [2.75, 3.05) is 5.73 Å². The van der Waals surface area contributed by atoms with Gasteiger partial charge in [-0.15, -0.1) is 5.10 Å². The Kier molecular flexibility index (Phi) is 4.57. The average molecular weight is 371 g/mol. The summed E-state index contributed by atoms with van der Waals surface area (Å²) in [6, 6.07) is 5.75. The van der Waals surface area contributed by atoms with Gasteiger partial charge >= 0.3 is 0 Å². The molecule has 3 rings (SSSR count). The van der Waals surface area contributed by atoms with Crippen molar-refractivity contribution in [1.82, 2.24) is 30.7 Å². The van der Waals surface area contributed by atoms with Gasteiger partial charge in [0.2, 0.25) is 11.6 Å². The van der Waals surface area contributed by atoms with Crippen molar-refractivity contribution >= 4 is 23.1 Å². The predicted octanol–water partition coefficient (Wildman–Crippen LogP) is 0.603. The number of aromatic nitrogens is 5. The van der Waals surface area contributed by atoms with Crippen LogP contribution >= 0.6 is 0 Å². The topological polar surface area (TPSA) is 180 Å². The molecule has 0 atom stereocenters. The summed E-state index contributed by atoms with van der Waals surface area (Å²) in [7, 11) is 0. The molecule has 0 aliphatic carbocycles. The first-order valence-electron chi connectivity index (χ1n) is 7.48. The van der Waals surface area contributed by atoms with Crippen LogP contribution in [-0.2, 0) is 0 Å². The molecule has 0 aliphatic rings. The number of carbonyl (C=O) groups excluding carboxylic acids is 1. The van der Waals surface area contributed by atoms with Crippen molar-refractivity contribution in [2.24, 2.45) is 5.10 Å². The van der Waals surface area contributed by atoms with Crippen LogP contribution < -0.4 is 11.2 Å². The Balaban J connectivity index is 1.82. The van der Waals surface area contributed by atoms with Crippen LogP contribution in [0.25, 0.3) is 5.82 Å². The maximum atomic E-state index is 12.5. The van der Waals surface area contributed by atoms with E-state index in [-0.39, 0.29) is 23.0 Å². The third-order valence-electron chi connectivity index (χ3n) is 3.57. The van der Waals surface area contributed by atoms with E-state index in [0.29, 0.717) is 17.0 Å². The van der Waals surface area contributed by atoms with Gasteiger partial charge in [-0.3, -0.25) is 14.9 Å². The van der Waals surface area contributed by atoms with E-state index in [1.807, 2.05) is 0 Å². The van der Waals surface area contributed by atoms with Gasteiger partial charge < -0.3 is 5.73 Å². The van der Waals surface area contributed by atoms with Crippen molar-refractivity contribution in [1.29, 1.82) is 0 Å². The average Bonchev–Trinajstić information content (AvgIpc) is 3.24. The lowest BCUT2D eigenvalue weighted by Crippen LogP contribution is -2.24. The lowest BCUT2D eigenvalue weighted by Gasteiger charge is -2.04. The number of nitrogens with zero attached hydrogens (tertiary/aromatic N) is 7. The summed E-state index contributed by atoms with van der Waals surface area (Å²) in [6.07, 6.45) is 0. The van der Waals surface area contributed by atoms with Gasteiger partial charge in [-0.1, -0.05) is 5.21 Å². The van der Waals surface area contributed by atoms with Crippen molar-refractivity contribution in [2.45, 2.75) is 13.8 Å². The van der Waals surface area contributed by atoms with Crippen molar-refractivity contribution in [3.8, 4) is 5.82 Å². The van der Waals surface area contributed by atoms with E-state index in [1.165, 1.54) is 24.3 Å². The first kappa shape index (κ1) is 17.7. The van der Waals surface area contributed by atoms with Crippen LogP contribution in [0.15, 0.2) is 34.0 Å². The first-order valence-corrected chi connectivity index (χ1v) is 7.48. The normalized spacial score (nSPS) is 11.4. The molecule has 2 heterocycles. The van der Waals surface area contributed by atoms with E-state index in [2.05, 4.69) is 35.8 Å². The van der Waals surface area contributed by atoms with E-state index in [0.717, 1.165) is 4.68 Å². The highest BCUT2D eigenvalue weighted by molar-refractivity contribution is 6.01. The number of hydrogen-bond donors (Lipinski definition) is 2. The molecule has 0 radical (unpaired) electrons. The maximum absolute atomic E-state index is 12.5. The fourth-order valence-corrected chi connectivity index (χ4v) is 2.18. The fraction of sp³-hybridized carbons (Fsp3) is 0.143. The summed E-state index contributed by atoms with van der Waals surface area (Å²) in [4.78, 5) is 22.7. The van der Waals surface area contributed by atoms with Gasteiger partial charge in [0.05, 0.1) is 16.3 Å². The molecule has 138 valence electrons. The molecule has 0 aliphatic heterocycles. The zero-order valence-corrected chi connectivity index (χ0v) is 14.2. The van der Waals surface area contributed by atoms with Crippen LogP contribution in [0, 0.1) is 17.0 Å². The van der Waals surface area contributed by atoms with Gasteiger partial charge in [-0.2, -0.15) is 9.78 Å².